The van der Waals surface area contributed by atoms with Crippen molar-refractivity contribution in [1.29, 1.82) is 0 Å². The molecule has 1 aromatic heterocycles. The molecular formula is C30H29NO7. The van der Waals surface area contributed by atoms with Crippen molar-refractivity contribution in [2.75, 3.05) is 13.2 Å². The van der Waals surface area contributed by atoms with Crippen LogP contribution in [0.25, 0.3) is 10.9 Å². The van der Waals surface area contributed by atoms with Gasteiger partial charge in [-0.3, -0.25) is 9.78 Å². The van der Waals surface area contributed by atoms with Gasteiger partial charge < -0.3 is 24.4 Å². The summed E-state index contributed by atoms with van der Waals surface area (Å²) in [5.74, 6) is -1.96. The Morgan fingerprint density at radius 3 is 2.37 bits per heavy atom. The van der Waals surface area contributed by atoms with Gasteiger partial charge in [-0.05, 0) is 36.8 Å². The lowest BCUT2D eigenvalue weighted by Crippen LogP contribution is -2.22. The first-order valence-electron chi connectivity index (χ1n) is 12.3. The van der Waals surface area contributed by atoms with E-state index in [1.54, 1.807) is 36.4 Å². The van der Waals surface area contributed by atoms with Crippen LogP contribution >= 0.6 is 0 Å². The van der Waals surface area contributed by atoms with Gasteiger partial charge in [0.2, 0.25) is 0 Å². The van der Waals surface area contributed by atoms with E-state index < -0.39 is 30.6 Å². The lowest BCUT2D eigenvalue weighted by molar-refractivity contribution is -0.143. The Morgan fingerprint density at radius 2 is 1.58 bits per heavy atom. The summed E-state index contributed by atoms with van der Waals surface area (Å²) in [6, 6.07) is 27.7. The maximum atomic E-state index is 12.2. The first-order valence-corrected chi connectivity index (χ1v) is 12.3. The third-order valence-electron chi connectivity index (χ3n) is 6.00. The second kappa shape index (κ2) is 13.2. The van der Waals surface area contributed by atoms with Gasteiger partial charge in [0, 0.05) is 24.0 Å². The second-order valence-corrected chi connectivity index (χ2v) is 8.75. The fourth-order valence-corrected chi connectivity index (χ4v) is 4.11. The van der Waals surface area contributed by atoms with Gasteiger partial charge in [0.25, 0.3) is 0 Å². The van der Waals surface area contributed by atoms with E-state index in [-0.39, 0.29) is 26.1 Å². The summed E-state index contributed by atoms with van der Waals surface area (Å²) in [4.78, 5) is 27.9. The number of rotatable bonds is 14. The molecule has 8 heteroatoms. The third kappa shape index (κ3) is 7.54. The van der Waals surface area contributed by atoms with Gasteiger partial charge in [-0.15, -0.1) is 0 Å². The Morgan fingerprint density at radius 1 is 0.842 bits per heavy atom. The summed E-state index contributed by atoms with van der Waals surface area (Å²) in [5, 5.41) is 20.1. The number of nitrogens with zero attached hydrogens (tertiary/aromatic N) is 1. The maximum Gasteiger partial charge on any atom is 0.341 e. The van der Waals surface area contributed by atoms with Gasteiger partial charge in [0.15, 0.2) is 6.61 Å². The van der Waals surface area contributed by atoms with Crippen LogP contribution in [0.4, 0.5) is 0 Å². The number of hydrogen-bond donors (Lipinski definition) is 2. The van der Waals surface area contributed by atoms with Crippen LogP contribution in [0.3, 0.4) is 0 Å². The van der Waals surface area contributed by atoms with E-state index in [0.29, 0.717) is 17.1 Å². The molecule has 2 atom stereocenters. The number of aromatic nitrogens is 1. The number of pyridine rings is 1. The first kappa shape index (κ1) is 26.6. The van der Waals surface area contributed by atoms with Crippen LogP contribution in [0.5, 0.6) is 11.5 Å². The average Bonchev–Trinajstić information content (AvgIpc) is 2.93. The summed E-state index contributed by atoms with van der Waals surface area (Å²) in [6.07, 6.45) is -0.295. The molecule has 4 aromatic rings. The highest BCUT2D eigenvalue weighted by molar-refractivity contribution is 5.78. The molecule has 0 aliphatic carbocycles. The molecule has 0 spiro atoms. The largest absolute Gasteiger partial charge is 0.486 e. The molecule has 3 aromatic carbocycles. The van der Waals surface area contributed by atoms with E-state index in [9.17, 15) is 14.7 Å². The van der Waals surface area contributed by atoms with Crippen LogP contribution in [0.1, 0.15) is 30.2 Å². The van der Waals surface area contributed by atoms with E-state index in [1.807, 2.05) is 54.6 Å². The lowest BCUT2D eigenvalue weighted by Gasteiger charge is -2.25. The minimum atomic E-state index is -1.11. The molecular weight excluding hydrogens is 486 g/mol. The molecule has 2 unspecified atom stereocenters. The molecule has 0 amide bonds. The van der Waals surface area contributed by atoms with Gasteiger partial charge in [-0.25, -0.2) is 4.79 Å². The van der Waals surface area contributed by atoms with Crippen LogP contribution in [0.15, 0.2) is 91.0 Å². The molecule has 4 rings (SSSR count). The van der Waals surface area contributed by atoms with E-state index in [2.05, 4.69) is 4.98 Å². The highest BCUT2D eigenvalue weighted by atomic mass is 16.5. The molecule has 2 N–H and O–H groups in total. The summed E-state index contributed by atoms with van der Waals surface area (Å²) < 4.78 is 17.5. The van der Waals surface area contributed by atoms with Crippen molar-refractivity contribution in [2.24, 2.45) is 5.92 Å². The minimum Gasteiger partial charge on any atom is -0.486 e. The number of fused-ring (bicyclic) bond motifs is 1. The van der Waals surface area contributed by atoms with E-state index in [1.165, 1.54) is 0 Å². The SMILES string of the molecule is O=C(O)COc1ccccc1C(CC(CCOCc1ccc2ccccc2n1)C(=O)O)Oc1ccccc1. The topological polar surface area (TPSA) is 115 Å². The zero-order valence-electron chi connectivity index (χ0n) is 20.7. The van der Waals surface area contributed by atoms with Crippen LogP contribution in [-0.2, 0) is 20.9 Å². The van der Waals surface area contributed by atoms with Crippen molar-refractivity contribution in [3.05, 3.63) is 102 Å². The van der Waals surface area contributed by atoms with Crippen LogP contribution in [0, 0.1) is 5.92 Å². The monoisotopic (exact) mass is 515 g/mol. The van der Waals surface area contributed by atoms with E-state index in [4.69, 9.17) is 19.3 Å². The molecule has 1 heterocycles. The molecule has 0 fully saturated rings. The molecule has 0 radical (unpaired) electrons. The molecule has 0 saturated heterocycles. The average molecular weight is 516 g/mol. The highest BCUT2D eigenvalue weighted by Crippen LogP contribution is 2.34. The van der Waals surface area contributed by atoms with Crippen LogP contribution in [0.2, 0.25) is 0 Å². The Bertz CT molecular complexity index is 1360. The number of ether oxygens (including phenoxy) is 3. The van der Waals surface area contributed by atoms with Gasteiger partial charge in [0.1, 0.15) is 17.6 Å². The van der Waals surface area contributed by atoms with Crippen LogP contribution < -0.4 is 9.47 Å². The molecule has 38 heavy (non-hydrogen) atoms. The number of carbonyl (C=O) groups is 2. The molecule has 0 bridgehead atoms. The van der Waals surface area contributed by atoms with Gasteiger partial charge >= 0.3 is 11.9 Å². The predicted octanol–water partition coefficient (Wildman–Crippen LogP) is 5.52. The molecule has 0 aliphatic heterocycles. The molecule has 0 saturated carbocycles. The third-order valence-corrected chi connectivity index (χ3v) is 6.00. The second-order valence-electron chi connectivity index (χ2n) is 8.75. The smallest absolute Gasteiger partial charge is 0.341 e. The van der Waals surface area contributed by atoms with Crippen molar-refractivity contribution < 1.29 is 34.0 Å². The Balaban J connectivity index is 1.44. The minimum absolute atomic E-state index is 0.134. The molecule has 8 nitrogen and oxygen atoms in total. The van der Waals surface area contributed by atoms with Gasteiger partial charge in [0.05, 0.1) is 23.7 Å². The number of aliphatic carboxylic acids is 2. The molecule has 196 valence electrons. The van der Waals surface area contributed by atoms with Gasteiger partial charge in [-0.1, -0.05) is 60.7 Å². The number of para-hydroxylation sites is 3. The summed E-state index contributed by atoms with van der Waals surface area (Å²) in [6.45, 7) is -0.0260. The maximum absolute atomic E-state index is 12.2. The Hall–Kier alpha value is -4.43. The van der Waals surface area contributed by atoms with Crippen LogP contribution in [-0.4, -0.2) is 40.3 Å². The fourth-order valence-electron chi connectivity index (χ4n) is 4.11. The zero-order chi connectivity index (χ0) is 26.7. The van der Waals surface area contributed by atoms with Crippen molar-refractivity contribution in [3.63, 3.8) is 0 Å². The normalized spacial score (nSPS) is 12.5. The van der Waals surface area contributed by atoms with Crippen molar-refractivity contribution >= 4 is 22.8 Å². The van der Waals surface area contributed by atoms with Crippen molar-refractivity contribution in [3.8, 4) is 11.5 Å². The van der Waals surface area contributed by atoms with E-state index >= 15 is 0 Å². The number of carboxylic acid groups (broad SMARTS) is 2. The number of benzene rings is 3. The summed E-state index contributed by atoms with van der Waals surface area (Å²) in [7, 11) is 0. The summed E-state index contributed by atoms with van der Waals surface area (Å²) in [5.41, 5.74) is 2.22. The van der Waals surface area contributed by atoms with Crippen molar-refractivity contribution in [2.45, 2.75) is 25.6 Å². The van der Waals surface area contributed by atoms with Crippen molar-refractivity contribution in [1.82, 2.24) is 4.98 Å². The fraction of sp³-hybridized carbons (Fsp3) is 0.233. The number of carboxylic acids is 2. The highest BCUT2D eigenvalue weighted by Gasteiger charge is 2.27. The Kier molecular flexibility index (Phi) is 9.26. The number of hydrogen-bond acceptors (Lipinski definition) is 6. The predicted molar refractivity (Wildman–Crippen MR) is 141 cm³/mol. The molecule has 0 aliphatic rings. The first-order chi connectivity index (χ1) is 18.5. The van der Waals surface area contributed by atoms with E-state index in [0.717, 1.165) is 16.6 Å². The van der Waals surface area contributed by atoms with Gasteiger partial charge in [-0.2, -0.15) is 0 Å². The summed E-state index contributed by atoms with van der Waals surface area (Å²) >= 11 is 0. The lowest BCUT2D eigenvalue weighted by atomic mass is 9.93. The standard InChI is InChI=1S/C30H29NO7/c32-29(33)20-37-27-13-7-5-11-25(27)28(38-24-9-2-1-3-10-24)18-22(30(34)35)16-17-36-19-23-15-14-21-8-4-6-12-26(21)31-23/h1-15,22,28H,16-20H2,(H,32,33)(H,34,35). The zero-order valence-corrected chi connectivity index (χ0v) is 20.7. The quantitative estimate of drug-likeness (QED) is 0.211. The Labute approximate surface area is 220 Å².